The van der Waals surface area contributed by atoms with Crippen LogP contribution in [0.25, 0.3) is 0 Å². The van der Waals surface area contributed by atoms with Crippen LogP contribution in [0.3, 0.4) is 0 Å². The van der Waals surface area contributed by atoms with Crippen LogP contribution in [-0.4, -0.2) is 47.5 Å². The number of rotatable bonds is 12. The van der Waals surface area contributed by atoms with Crippen molar-refractivity contribution in [1.29, 1.82) is 0 Å². The van der Waals surface area contributed by atoms with Gasteiger partial charge in [0.05, 0.1) is 0 Å². The minimum Gasteiger partial charge on any atom is -0.444 e. The second-order valence-electron chi connectivity index (χ2n) is 10.4. The van der Waals surface area contributed by atoms with E-state index < -0.39 is 23.8 Å². The van der Waals surface area contributed by atoms with E-state index in [4.69, 9.17) is 4.74 Å². The molecule has 2 N–H and O–H groups in total. The highest BCUT2D eigenvalue weighted by molar-refractivity contribution is 5.92. The first kappa shape index (κ1) is 30.5. The summed E-state index contributed by atoms with van der Waals surface area (Å²) in [6.45, 7) is 18.1. The Morgan fingerprint density at radius 2 is 1.71 bits per heavy atom. The van der Waals surface area contributed by atoms with Crippen molar-refractivity contribution in [1.82, 2.24) is 15.5 Å². The lowest BCUT2D eigenvalue weighted by atomic mass is 9.94. The molecule has 0 aliphatic heterocycles. The zero-order valence-corrected chi connectivity index (χ0v) is 23.3. The first-order chi connectivity index (χ1) is 16.4. The SMILES string of the molecule is CCCCCNC(=O)C(c1ccc(C)cc1C)N(CC)C(=O)C(NC(=O)OC(C)(C)C)C(C)CC. The monoisotopic (exact) mass is 489 g/mol. The van der Waals surface area contributed by atoms with Gasteiger partial charge in [0.25, 0.3) is 0 Å². The predicted molar refractivity (Wildman–Crippen MR) is 141 cm³/mol. The van der Waals surface area contributed by atoms with Gasteiger partial charge in [-0.05, 0) is 65.0 Å². The number of hydrogen-bond acceptors (Lipinski definition) is 4. The average molecular weight is 490 g/mol. The average Bonchev–Trinajstić information content (AvgIpc) is 2.77. The lowest BCUT2D eigenvalue weighted by Gasteiger charge is -2.36. The highest BCUT2D eigenvalue weighted by Gasteiger charge is 2.37. The van der Waals surface area contributed by atoms with E-state index in [-0.39, 0.29) is 17.7 Å². The number of hydrogen-bond donors (Lipinski definition) is 2. The summed E-state index contributed by atoms with van der Waals surface area (Å²) in [4.78, 5) is 41.6. The van der Waals surface area contributed by atoms with Gasteiger partial charge in [0.15, 0.2) is 0 Å². The Morgan fingerprint density at radius 3 is 2.23 bits per heavy atom. The summed E-state index contributed by atoms with van der Waals surface area (Å²) in [6, 6.07) is 4.31. The molecule has 0 fully saturated rings. The Bertz CT molecular complexity index is 847. The molecule has 0 heterocycles. The summed E-state index contributed by atoms with van der Waals surface area (Å²) in [6.07, 6.45) is 3.02. The van der Waals surface area contributed by atoms with Crippen LogP contribution in [0.15, 0.2) is 18.2 Å². The number of nitrogens with zero attached hydrogens (tertiary/aromatic N) is 1. The number of likely N-dealkylation sites (N-methyl/N-ethyl adjacent to an activating group) is 1. The Morgan fingerprint density at radius 1 is 1.06 bits per heavy atom. The normalized spacial score (nSPS) is 14.0. The van der Waals surface area contributed by atoms with Crippen LogP contribution < -0.4 is 10.6 Å². The van der Waals surface area contributed by atoms with Crippen LogP contribution in [0, 0.1) is 19.8 Å². The van der Waals surface area contributed by atoms with Crippen molar-refractivity contribution in [2.75, 3.05) is 13.1 Å². The molecule has 1 rings (SSSR count). The maximum atomic E-state index is 13.9. The molecular weight excluding hydrogens is 442 g/mol. The number of benzene rings is 1. The van der Waals surface area contributed by atoms with Gasteiger partial charge in [0.2, 0.25) is 11.8 Å². The molecule has 0 bridgehead atoms. The number of carbonyl (C=O) groups is 3. The molecule has 1 aromatic carbocycles. The highest BCUT2D eigenvalue weighted by atomic mass is 16.6. The molecule has 0 spiro atoms. The number of unbranched alkanes of at least 4 members (excludes halogenated alkanes) is 2. The van der Waals surface area contributed by atoms with Gasteiger partial charge >= 0.3 is 6.09 Å². The molecule has 7 heteroatoms. The fourth-order valence-electron chi connectivity index (χ4n) is 4.03. The van der Waals surface area contributed by atoms with Crippen molar-refractivity contribution in [2.24, 2.45) is 5.92 Å². The zero-order valence-electron chi connectivity index (χ0n) is 23.3. The molecular formula is C28H47N3O4. The van der Waals surface area contributed by atoms with Crippen LogP contribution >= 0.6 is 0 Å². The maximum absolute atomic E-state index is 13.9. The lowest BCUT2D eigenvalue weighted by Crippen LogP contribution is -2.55. The van der Waals surface area contributed by atoms with Crippen molar-refractivity contribution in [3.05, 3.63) is 34.9 Å². The summed E-state index contributed by atoms with van der Waals surface area (Å²) in [5.41, 5.74) is 2.15. The first-order valence-electron chi connectivity index (χ1n) is 13.0. The van der Waals surface area contributed by atoms with Crippen molar-refractivity contribution in [2.45, 2.75) is 106 Å². The smallest absolute Gasteiger partial charge is 0.408 e. The molecule has 3 unspecified atom stereocenters. The summed E-state index contributed by atoms with van der Waals surface area (Å²) in [5.74, 6) is -0.638. The van der Waals surface area contributed by atoms with E-state index in [0.29, 0.717) is 19.5 Å². The third-order valence-electron chi connectivity index (χ3n) is 6.13. The summed E-state index contributed by atoms with van der Waals surface area (Å²) < 4.78 is 5.43. The number of aryl methyl sites for hydroxylation is 2. The Labute approximate surface area is 212 Å². The van der Waals surface area contributed by atoms with Crippen molar-refractivity contribution in [3.63, 3.8) is 0 Å². The molecule has 0 aliphatic rings. The van der Waals surface area contributed by atoms with Gasteiger partial charge in [0.1, 0.15) is 17.7 Å². The molecule has 0 aromatic heterocycles. The standard InChI is InChI=1S/C28H47N3O4/c1-10-13-14-17-29-25(32)24(22-16-15-19(4)18-21(22)6)31(12-3)26(33)23(20(5)11-2)30-27(34)35-28(7,8)9/h15-16,18,20,23-24H,10-14,17H2,1-9H3,(H,29,32)(H,30,34). The van der Waals surface area contributed by atoms with Crippen molar-refractivity contribution in [3.8, 4) is 0 Å². The number of alkyl carbamates (subject to hydrolysis) is 1. The highest BCUT2D eigenvalue weighted by Crippen LogP contribution is 2.27. The molecule has 198 valence electrons. The molecule has 0 aliphatic carbocycles. The van der Waals surface area contributed by atoms with E-state index in [1.54, 1.807) is 25.7 Å². The van der Waals surface area contributed by atoms with E-state index in [0.717, 1.165) is 36.0 Å². The van der Waals surface area contributed by atoms with E-state index in [2.05, 4.69) is 17.6 Å². The molecule has 0 radical (unpaired) electrons. The van der Waals surface area contributed by atoms with Crippen LogP contribution in [-0.2, 0) is 14.3 Å². The fraction of sp³-hybridized carbons (Fsp3) is 0.679. The van der Waals surface area contributed by atoms with E-state index in [1.807, 2.05) is 52.8 Å². The maximum Gasteiger partial charge on any atom is 0.408 e. The van der Waals surface area contributed by atoms with Gasteiger partial charge in [-0.15, -0.1) is 0 Å². The number of carbonyl (C=O) groups excluding carboxylic acids is 3. The first-order valence-corrected chi connectivity index (χ1v) is 13.0. The topological polar surface area (TPSA) is 87.7 Å². The minimum atomic E-state index is -0.809. The zero-order chi connectivity index (χ0) is 26.8. The Kier molecular flexibility index (Phi) is 12.3. The van der Waals surface area contributed by atoms with E-state index in [9.17, 15) is 14.4 Å². The molecule has 3 amide bonds. The Balaban J connectivity index is 3.37. The van der Waals surface area contributed by atoms with Crippen LogP contribution in [0.1, 0.15) is 96.9 Å². The molecule has 3 atom stereocenters. The number of nitrogens with one attached hydrogen (secondary N) is 2. The minimum absolute atomic E-state index is 0.142. The molecule has 0 saturated heterocycles. The lowest BCUT2D eigenvalue weighted by molar-refractivity contribution is -0.143. The second-order valence-corrected chi connectivity index (χ2v) is 10.4. The molecule has 0 saturated carbocycles. The van der Waals surface area contributed by atoms with Crippen LogP contribution in [0.4, 0.5) is 4.79 Å². The third-order valence-corrected chi connectivity index (χ3v) is 6.13. The molecule has 7 nitrogen and oxygen atoms in total. The van der Waals surface area contributed by atoms with Gasteiger partial charge in [0, 0.05) is 13.1 Å². The largest absolute Gasteiger partial charge is 0.444 e. The number of amides is 3. The van der Waals surface area contributed by atoms with E-state index >= 15 is 0 Å². The van der Waals surface area contributed by atoms with Gasteiger partial charge in [-0.2, -0.15) is 0 Å². The quantitative estimate of drug-likeness (QED) is 0.383. The molecule has 35 heavy (non-hydrogen) atoms. The van der Waals surface area contributed by atoms with E-state index in [1.165, 1.54) is 0 Å². The third kappa shape index (κ3) is 9.54. The second kappa shape index (κ2) is 14.1. The summed E-state index contributed by atoms with van der Waals surface area (Å²) in [7, 11) is 0. The van der Waals surface area contributed by atoms with Crippen molar-refractivity contribution < 1.29 is 19.1 Å². The Hall–Kier alpha value is -2.57. The van der Waals surface area contributed by atoms with Gasteiger partial charge in [-0.25, -0.2) is 4.79 Å². The summed E-state index contributed by atoms with van der Waals surface area (Å²) >= 11 is 0. The van der Waals surface area contributed by atoms with Gasteiger partial charge < -0.3 is 20.3 Å². The number of ether oxygens (including phenoxy) is 1. The fourth-order valence-corrected chi connectivity index (χ4v) is 4.03. The van der Waals surface area contributed by atoms with Gasteiger partial charge in [-0.1, -0.05) is 63.8 Å². The summed E-state index contributed by atoms with van der Waals surface area (Å²) in [5, 5.41) is 5.82. The molecule has 1 aromatic rings. The predicted octanol–water partition coefficient (Wildman–Crippen LogP) is 5.44. The van der Waals surface area contributed by atoms with Gasteiger partial charge in [-0.3, -0.25) is 9.59 Å². The van der Waals surface area contributed by atoms with Crippen LogP contribution in [0.5, 0.6) is 0 Å². The van der Waals surface area contributed by atoms with Crippen LogP contribution in [0.2, 0.25) is 0 Å². The van der Waals surface area contributed by atoms with Crippen molar-refractivity contribution >= 4 is 17.9 Å².